The van der Waals surface area contributed by atoms with Crippen LogP contribution in [0.15, 0.2) is 72.9 Å². The molecule has 0 saturated carbocycles. The normalized spacial score (nSPS) is 12.6. The highest BCUT2D eigenvalue weighted by molar-refractivity contribution is 5.71. The lowest BCUT2D eigenvalue weighted by molar-refractivity contribution is -0.166. The van der Waals surface area contributed by atoms with Crippen LogP contribution in [-0.4, -0.2) is 37.2 Å². The van der Waals surface area contributed by atoms with Gasteiger partial charge in [0.25, 0.3) is 0 Å². The second-order valence-electron chi connectivity index (χ2n) is 18.5. The minimum Gasteiger partial charge on any atom is -0.462 e. The van der Waals surface area contributed by atoms with Gasteiger partial charge in [0.2, 0.25) is 0 Å². The van der Waals surface area contributed by atoms with Crippen molar-refractivity contribution in [1.82, 2.24) is 0 Å². The van der Waals surface area contributed by atoms with Gasteiger partial charge in [0.05, 0.1) is 0 Å². The van der Waals surface area contributed by atoms with Crippen molar-refractivity contribution >= 4 is 17.9 Å². The minimum atomic E-state index is -0.805. The number of hydrogen-bond donors (Lipinski definition) is 0. The van der Waals surface area contributed by atoms with E-state index in [-0.39, 0.29) is 37.5 Å². The van der Waals surface area contributed by atoms with Gasteiger partial charge in [0, 0.05) is 19.3 Å². The van der Waals surface area contributed by atoms with Gasteiger partial charge in [-0.1, -0.05) is 248 Å². The van der Waals surface area contributed by atoms with E-state index in [0.717, 1.165) is 77.0 Å². The van der Waals surface area contributed by atoms with Gasteiger partial charge in [-0.3, -0.25) is 14.4 Å². The fraction of sp³-hybridized carbons (Fsp3) is 0.750. The Kier molecular flexibility index (Phi) is 51.9. The van der Waals surface area contributed by atoms with Gasteiger partial charge in [0.15, 0.2) is 6.10 Å². The molecule has 0 aliphatic heterocycles. The summed E-state index contributed by atoms with van der Waals surface area (Å²) in [5.41, 5.74) is 0. The zero-order valence-electron chi connectivity index (χ0n) is 43.4. The smallest absolute Gasteiger partial charge is 0.306 e. The summed E-state index contributed by atoms with van der Waals surface area (Å²) in [6, 6.07) is 0. The van der Waals surface area contributed by atoms with Crippen molar-refractivity contribution in [2.24, 2.45) is 0 Å². The zero-order valence-corrected chi connectivity index (χ0v) is 43.4. The first kappa shape index (κ1) is 62.8. The van der Waals surface area contributed by atoms with Crippen LogP contribution in [0.1, 0.15) is 271 Å². The van der Waals surface area contributed by atoms with E-state index in [1.54, 1.807) is 0 Å². The molecule has 1 atom stereocenters. The van der Waals surface area contributed by atoms with Gasteiger partial charge in [-0.05, 0) is 77.0 Å². The third kappa shape index (κ3) is 51.8. The molecule has 6 nitrogen and oxygen atoms in total. The lowest BCUT2D eigenvalue weighted by Crippen LogP contribution is -2.30. The Hall–Kier alpha value is -3.15. The SMILES string of the molecule is CC/C=C\C/C=C\C/C=C\C/C=C\CCC(=O)OCC(COC(=O)CCCCCCCCC/C=C\C/C=C\CCCCCC)OC(=O)CCCCCCCCCCCCCCCCCCC. The Labute approximate surface area is 408 Å². The Morgan fingerprint density at radius 2 is 0.621 bits per heavy atom. The van der Waals surface area contributed by atoms with Crippen molar-refractivity contribution in [2.75, 3.05) is 13.2 Å². The first-order valence-electron chi connectivity index (χ1n) is 27.9. The molecule has 0 N–H and O–H groups in total. The molecule has 0 fully saturated rings. The van der Waals surface area contributed by atoms with Crippen molar-refractivity contribution in [3.8, 4) is 0 Å². The van der Waals surface area contributed by atoms with Gasteiger partial charge in [-0.2, -0.15) is 0 Å². The second kappa shape index (κ2) is 54.5. The van der Waals surface area contributed by atoms with E-state index < -0.39 is 6.10 Å². The third-order valence-electron chi connectivity index (χ3n) is 12.0. The van der Waals surface area contributed by atoms with Gasteiger partial charge in [-0.15, -0.1) is 0 Å². The van der Waals surface area contributed by atoms with Crippen molar-refractivity contribution in [1.29, 1.82) is 0 Å². The fourth-order valence-electron chi connectivity index (χ4n) is 7.78. The number of allylic oxidation sites excluding steroid dienone is 12. The van der Waals surface area contributed by atoms with Crippen LogP contribution in [-0.2, 0) is 28.6 Å². The molecule has 66 heavy (non-hydrogen) atoms. The number of esters is 3. The summed E-state index contributed by atoms with van der Waals surface area (Å²) in [6.07, 6.45) is 69.0. The van der Waals surface area contributed by atoms with Crippen LogP contribution < -0.4 is 0 Å². The number of carbonyl (C=O) groups excluding carboxylic acids is 3. The van der Waals surface area contributed by atoms with Crippen LogP contribution in [0.3, 0.4) is 0 Å². The molecule has 0 aromatic heterocycles. The lowest BCUT2D eigenvalue weighted by atomic mass is 10.0. The molecule has 0 aliphatic carbocycles. The topological polar surface area (TPSA) is 78.9 Å². The Bertz CT molecular complexity index is 1240. The predicted octanol–water partition coefficient (Wildman–Crippen LogP) is 18.6. The van der Waals surface area contributed by atoms with Crippen LogP contribution in [0.5, 0.6) is 0 Å². The standard InChI is InChI=1S/C60H104O6/c1-4-7-10-13-16-19-22-25-27-29-31-32-35-38-41-44-47-50-53-59(62)65-56-57(55-64-58(61)52-49-46-43-40-37-34-24-21-18-15-12-9-6-3)66-60(63)54-51-48-45-42-39-36-33-30-28-26-23-20-17-14-11-8-5-2/h9,12,18-19,21-22,27,29,34,37,43,46,57H,4-8,10-11,13-17,20,23-26,28,30-33,35-36,38-42,44-45,47-56H2,1-3H3/b12-9-,21-18-,22-19-,29-27-,37-34-,46-43-. The number of unbranched alkanes of at least 4 members (excludes halogenated alkanes) is 27. The molecule has 0 aromatic rings. The highest BCUT2D eigenvalue weighted by atomic mass is 16.6. The Morgan fingerprint density at radius 1 is 0.318 bits per heavy atom. The number of rotatable bonds is 50. The monoisotopic (exact) mass is 921 g/mol. The van der Waals surface area contributed by atoms with Crippen LogP contribution >= 0.6 is 0 Å². The lowest BCUT2D eigenvalue weighted by Gasteiger charge is -2.18. The molecule has 0 saturated heterocycles. The summed E-state index contributed by atoms with van der Waals surface area (Å²) < 4.78 is 16.8. The first-order valence-corrected chi connectivity index (χ1v) is 27.9. The molecule has 0 amide bonds. The van der Waals surface area contributed by atoms with Crippen molar-refractivity contribution in [2.45, 2.75) is 277 Å². The number of hydrogen-bond acceptors (Lipinski definition) is 6. The van der Waals surface area contributed by atoms with Crippen LogP contribution in [0.4, 0.5) is 0 Å². The summed E-state index contributed by atoms with van der Waals surface area (Å²) in [6.45, 7) is 6.46. The molecule has 1 unspecified atom stereocenters. The highest BCUT2D eigenvalue weighted by Gasteiger charge is 2.19. The van der Waals surface area contributed by atoms with Crippen LogP contribution in [0, 0.1) is 0 Å². The molecule has 0 rings (SSSR count). The highest BCUT2D eigenvalue weighted by Crippen LogP contribution is 2.16. The third-order valence-corrected chi connectivity index (χ3v) is 12.0. The minimum absolute atomic E-state index is 0.0997. The maximum absolute atomic E-state index is 12.8. The van der Waals surface area contributed by atoms with Crippen LogP contribution in [0.25, 0.3) is 0 Å². The summed E-state index contributed by atoms with van der Waals surface area (Å²) in [7, 11) is 0. The molecule has 0 heterocycles. The van der Waals surface area contributed by atoms with E-state index in [0.29, 0.717) is 19.3 Å². The molecule has 0 aromatic carbocycles. The average Bonchev–Trinajstić information content (AvgIpc) is 3.31. The fourth-order valence-corrected chi connectivity index (χ4v) is 7.78. The summed E-state index contributed by atoms with van der Waals surface area (Å²) in [4.78, 5) is 38.0. The molecular weight excluding hydrogens is 817 g/mol. The van der Waals surface area contributed by atoms with E-state index in [4.69, 9.17) is 14.2 Å². The zero-order chi connectivity index (χ0) is 47.9. The van der Waals surface area contributed by atoms with Gasteiger partial charge in [0.1, 0.15) is 13.2 Å². The van der Waals surface area contributed by atoms with Crippen molar-refractivity contribution in [3.63, 3.8) is 0 Å². The molecule has 0 bridgehead atoms. The van der Waals surface area contributed by atoms with Gasteiger partial charge < -0.3 is 14.2 Å². The molecule has 0 aliphatic rings. The van der Waals surface area contributed by atoms with E-state index in [1.165, 1.54) is 148 Å². The van der Waals surface area contributed by atoms with Gasteiger partial charge in [-0.25, -0.2) is 0 Å². The number of carbonyl (C=O) groups is 3. The van der Waals surface area contributed by atoms with Crippen molar-refractivity contribution in [3.05, 3.63) is 72.9 Å². The average molecular weight is 921 g/mol. The molecular formula is C60H104O6. The Morgan fingerprint density at radius 3 is 1.03 bits per heavy atom. The quantitative estimate of drug-likeness (QED) is 0.0262. The van der Waals surface area contributed by atoms with E-state index in [9.17, 15) is 14.4 Å². The van der Waals surface area contributed by atoms with Crippen LogP contribution in [0.2, 0.25) is 0 Å². The van der Waals surface area contributed by atoms with Gasteiger partial charge >= 0.3 is 17.9 Å². The van der Waals surface area contributed by atoms with E-state index in [2.05, 4.69) is 87.6 Å². The first-order chi connectivity index (χ1) is 32.5. The summed E-state index contributed by atoms with van der Waals surface area (Å²) >= 11 is 0. The molecule has 380 valence electrons. The second-order valence-corrected chi connectivity index (χ2v) is 18.5. The van der Waals surface area contributed by atoms with E-state index in [1.807, 2.05) is 6.08 Å². The summed E-state index contributed by atoms with van der Waals surface area (Å²) in [5.74, 6) is -0.983. The van der Waals surface area contributed by atoms with E-state index >= 15 is 0 Å². The molecule has 0 spiro atoms. The molecule has 6 heteroatoms. The maximum Gasteiger partial charge on any atom is 0.306 e. The predicted molar refractivity (Wildman–Crippen MR) is 284 cm³/mol. The maximum atomic E-state index is 12.8. The summed E-state index contributed by atoms with van der Waals surface area (Å²) in [5, 5.41) is 0. The Balaban J connectivity index is 4.42. The van der Waals surface area contributed by atoms with Crippen molar-refractivity contribution < 1.29 is 28.6 Å². The number of ether oxygens (including phenoxy) is 3. The largest absolute Gasteiger partial charge is 0.462 e. The molecule has 0 radical (unpaired) electrons.